The number of hydrogen-bond donors (Lipinski definition) is 3. The molecule has 0 aliphatic carbocycles. The summed E-state index contributed by atoms with van der Waals surface area (Å²) in [7, 11) is 1.50. The van der Waals surface area contributed by atoms with Crippen molar-refractivity contribution in [3.8, 4) is 0 Å². The van der Waals surface area contributed by atoms with Crippen LogP contribution in [0.15, 0.2) is 18.2 Å². The van der Waals surface area contributed by atoms with Crippen LogP contribution < -0.4 is 17.2 Å². The Bertz CT molecular complexity index is 260. The van der Waals surface area contributed by atoms with Crippen LogP contribution in [0.3, 0.4) is 0 Å². The number of nitrogen functional groups attached to an aromatic ring is 2. The molecular formula is C8H13N3O. The van der Waals surface area contributed by atoms with Crippen LogP contribution in [0.2, 0.25) is 0 Å². The second-order valence-corrected chi connectivity index (χ2v) is 2.01. The van der Waals surface area contributed by atoms with Crippen LogP contribution in [0.4, 0.5) is 11.4 Å². The molecule has 1 aromatic carbocycles. The first-order chi connectivity index (χ1) is 5.74. The molecule has 1 aromatic rings. The molecule has 0 aliphatic heterocycles. The quantitative estimate of drug-likeness (QED) is 0.412. The molecule has 0 saturated heterocycles. The molecule has 1 rings (SSSR count). The van der Waals surface area contributed by atoms with Gasteiger partial charge < -0.3 is 17.2 Å². The van der Waals surface area contributed by atoms with Crippen molar-refractivity contribution in [3.05, 3.63) is 23.8 Å². The lowest BCUT2D eigenvalue weighted by molar-refractivity contribution is 0.112. The fraction of sp³-hybridized carbons (Fsp3) is 0.125. The molecule has 0 unspecified atom stereocenters. The Morgan fingerprint density at radius 1 is 1.17 bits per heavy atom. The van der Waals surface area contributed by atoms with Gasteiger partial charge in [-0.3, -0.25) is 4.79 Å². The summed E-state index contributed by atoms with van der Waals surface area (Å²) in [5.74, 6) is 0. The van der Waals surface area contributed by atoms with Crippen molar-refractivity contribution < 1.29 is 4.79 Å². The first-order valence-corrected chi connectivity index (χ1v) is 3.42. The van der Waals surface area contributed by atoms with Gasteiger partial charge in [0.05, 0.1) is 11.4 Å². The van der Waals surface area contributed by atoms with E-state index in [9.17, 15) is 4.79 Å². The van der Waals surface area contributed by atoms with Crippen LogP contribution in [-0.4, -0.2) is 13.3 Å². The molecule has 66 valence electrons. The van der Waals surface area contributed by atoms with Gasteiger partial charge in [-0.05, 0) is 25.2 Å². The number of nitrogens with two attached hydrogens (primary N) is 3. The predicted molar refractivity (Wildman–Crippen MR) is 50.8 cm³/mol. The minimum absolute atomic E-state index is 0.449. The van der Waals surface area contributed by atoms with Gasteiger partial charge in [-0.1, -0.05) is 0 Å². The van der Waals surface area contributed by atoms with Gasteiger partial charge in [0, 0.05) is 5.56 Å². The van der Waals surface area contributed by atoms with E-state index in [1.807, 2.05) is 0 Å². The maximum Gasteiger partial charge on any atom is 0.150 e. The van der Waals surface area contributed by atoms with Gasteiger partial charge in [-0.2, -0.15) is 0 Å². The van der Waals surface area contributed by atoms with Gasteiger partial charge >= 0.3 is 0 Å². The Morgan fingerprint density at radius 2 is 1.75 bits per heavy atom. The summed E-state index contributed by atoms with van der Waals surface area (Å²) in [6.07, 6.45) is 0.732. The predicted octanol–water partition coefficient (Wildman–Crippen LogP) is 0.238. The van der Waals surface area contributed by atoms with E-state index in [1.54, 1.807) is 18.2 Å². The molecule has 0 heterocycles. The molecule has 0 atom stereocenters. The zero-order valence-electron chi connectivity index (χ0n) is 6.95. The van der Waals surface area contributed by atoms with Crippen molar-refractivity contribution in [2.75, 3.05) is 18.5 Å². The highest BCUT2D eigenvalue weighted by Gasteiger charge is 1.93. The molecule has 0 fully saturated rings. The molecule has 6 N–H and O–H groups in total. The van der Waals surface area contributed by atoms with E-state index in [-0.39, 0.29) is 0 Å². The lowest BCUT2D eigenvalue weighted by Crippen LogP contribution is -1.94. The van der Waals surface area contributed by atoms with Crippen LogP contribution in [0.1, 0.15) is 10.4 Å². The van der Waals surface area contributed by atoms with E-state index in [4.69, 9.17) is 11.5 Å². The van der Waals surface area contributed by atoms with Crippen molar-refractivity contribution in [2.24, 2.45) is 5.73 Å². The highest BCUT2D eigenvalue weighted by atomic mass is 16.1. The zero-order chi connectivity index (χ0) is 9.56. The van der Waals surface area contributed by atoms with Crippen LogP contribution in [0, 0.1) is 0 Å². The van der Waals surface area contributed by atoms with Crippen molar-refractivity contribution >= 4 is 17.7 Å². The standard InChI is InChI=1S/C7H8N2O.CH5N/c8-6-2-1-5(4-10)3-7(6)9;1-2/h1-4H,8-9H2;2H2,1H3. The lowest BCUT2D eigenvalue weighted by atomic mass is 10.2. The Morgan fingerprint density at radius 3 is 2.17 bits per heavy atom. The molecular weight excluding hydrogens is 154 g/mol. The Kier molecular flexibility index (Phi) is 4.48. The Balaban J connectivity index is 0.000000561. The first kappa shape index (κ1) is 10.4. The first-order valence-electron chi connectivity index (χ1n) is 3.42. The minimum atomic E-state index is 0.449. The number of rotatable bonds is 1. The summed E-state index contributed by atoms with van der Waals surface area (Å²) in [6.45, 7) is 0. The molecule has 0 aromatic heterocycles. The maximum absolute atomic E-state index is 10.2. The van der Waals surface area contributed by atoms with Crippen molar-refractivity contribution in [2.45, 2.75) is 0 Å². The number of hydrogen-bond acceptors (Lipinski definition) is 4. The fourth-order valence-corrected chi connectivity index (χ4v) is 0.667. The van der Waals surface area contributed by atoms with Gasteiger partial charge in [0.25, 0.3) is 0 Å². The molecule has 4 heteroatoms. The molecule has 0 amide bonds. The zero-order valence-corrected chi connectivity index (χ0v) is 6.95. The minimum Gasteiger partial charge on any atom is -0.397 e. The normalized spacial score (nSPS) is 8.17. The number of carbonyl (C=O) groups excluding carboxylic acids is 1. The largest absolute Gasteiger partial charge is 0.397 e. The third-order valence-corrected chi connectivity index (χ3v) is 1.25. The van der Waals surface area contributed by atoms with E-state index >= 15 is 0 Å². The third-order valence-electron chi connectivity index (χ3n) is 1.25. The Labute approximate surface area is 71.3 Å². The van der Waals surface area contributed by atoms with Gasteiger partial charge in [-0.15, -0.1) is 0 Å². The number of benzene rings is 1. The van der Waals surface area contributed by atoms with Gasteiger partial charge in [-0.25, -0.2) is 0 Å². The fourth-order valence-electron chi connectivity index (χ4n) is 0.667. The summed E-state index contributed by atoms with van der Waals surface area (Å²) in [5.41, 5.74) is 16.8. The molecule has 0 spiro atoms. The van der Waals surface area contributed by atoms with Crippen molar-refractivity contribution in [1.29, 1.82) is 0 Å². The number of carbonyl (C=O) groups is 1. The molecule has 0 radical (unpaired) electrons. The van der Waals surface area contributed by atoms with E-state index in [0.29, 0.717) is 16.9 Å². The van der Waals surface area contributed by atoms with Gasteiger partial charge in [0.1, 0.15) is 6.29 Å². The summed E-state index contributed by atoms with van der Waals surface area (Å²) >= 11 is 0. The topological polar surface area (TPSA) is 95.1 Å². The highest BCUT2D eigenvalue weighted by Crippen LogP contribution is 2.14. The second-order valence-electron chi connectivity index (χ2n) is 2.01. The highest BCUT2D eigenvalue weighted by molar-refractivity contribution is 5.79. The monoisotopic (exact) mass is 167 g/mol. The van der Waals surface area contributed by atoms with Crippen LogP contribution in [0.25, 0.3) is 0 Å². The Hall–Kier alpha value is -1.55. The average Bonchev–Trinajstić information content (AvgIpc) is 2.13. The van der Waals surface area contributed by atoms with Crippen LogP contribution in [0.5, 0.6) is 0 Å². The SMILES string of the molecule is CN.Nc1ccc(C=O)cc1N. The smallest absolute Gasteiger partial charge is 0.150 e. The summed E-state index contributed by atoms with van der Waals surface area (Å²) in [4.78, 5) is 10.2. The molecule has 12 heavy (non-hydrogen) atoms. The van der Waals surface area contributed by atoms with Crippen LogP contribution in [-0.2, 0) is 0 Å². The van der Waals surface area contributed by atoms with Gasteiger partial charge in [0.15, 0.2) is 0 Å². The van der Waals surface area contributed by atoms with Crippen molar-refractivity contribution in [1.82, 2.24) is 0 Å². The molecule has 0 aliphatic rings. The van der Waals surface area contributed by atoms with E-state index < -0.39 is 0 Å². The molecule has 4 nitrogen and oxygen atoms in total. The molecule has 0 bridgehead atoms. The van der Waals surface area contributed by atoms with Crippen LogP contribution >= 0.6 is 0 Å². The maximum atomic E-state index is 10.2. The lowest BCUT2D eigenvalue weighted by Gasteiger charge is -1.97. The van der Waals surface area contributed by atoms with E-state index in [1.165, 1.54) is 7.05 Å². The second kappa shape index (κ2) is 5.15. The summed E-state index contributed by atoms with van der Waals surface area (Å²) in [6, 6.07) is 4.78. The summed E-state index contributed by atoms with van der Waals surface area (Å²) in [5, 5.41) is 0. The average molecular weight is 167 g/mol. The summed E-state index contributed by atoms with van der Waals surface area (Å²) < 4.78 is 0. The number of aldehydes is 1. The third kappa shape index (κ3) is 2.59. The van der Waals surface area contributed by atoms with E-state index in [2.05, 4.69) is 5.73 Å². The van der Waals surface area contributed by atoms with Gasteiger partial charge in [0.2, 0.25) is 0 Å². The number of anilines is 2. The van der Waals surface area contributed by atoms with E-state index in [0.717, 1.165) is 6.29 Å². The molecule has 0 saturated carbocycles. The van der Waals surface area contributed by atoms with Crippen molar-refractivity contribution in [3.63, 3.8) is 0 Å².